The second-order valence-electron chi connectivity index (χ2n) is 5.81. The lowest BCUT2D eigenvalue weighted by Crippen LogP contribution is -2.35. The van der Waals surface area contributed by atoms with Crippen LogP contribution in [0.2, 0.25) is 0 Å². The Morgan fingerprint density at radius 1 is 1.28 bits per heavy atom. The highest BCUT2D eigenvalue weighted by atomic mass is 32.2. The standard InChI is InChI=1S/C16H23N3O5S/c1-17-15(20)7-9-19(2)25(22,23)14-5-3-12(4-6-14)16(21)18-13-8-10-24-11-13/h3-6,13H,7-11H2,1-2H3,(H,17,20)(H,18,21). The van der Waals surface area contributed by atoms with Gasteiger partial charge in [0.1, 0.15) is 0 Å². The number of nitrogens with zero attached hydrogens (tertiary/aromatic N) is 1. The Balaban J connectivity index is 2.01. The van der Waals surface area contributed by atoms with Crippen LogP contribution in [0.1, 0.15) is 23.2 Å². The van der Waals surface area contributed by atoms with E-state index in [1.165, 1.54) is 38.4 Å². The summed E-state index contributed by atoms with van der Waals surface area (Å²) in [6.07, 6.45) is 0.852. The first-order chi connectivity index (χ1) is 11.8. The van der Waals surface area contributed by atoms with E-state index >= 15 is 0 Å². The molecule has 2 amide bonds. The Labute approximate surface area is 147 Å². The van der Waals surface area contributed by atoms with Gasteiger partial charge >= 0.3 is 0 Å². The van der Waals surface area contributed by atoms with E-state index in [-0.39, 0.29) is 35.7 Å². The van der Waals surface area contributed by atoms with Crippen molar-refractivity contribution in [2.24, 2.45) is 0 Å². The second kappa shape index (κ2) is 8.41. The molecule has 1 heterocycles. The van der Waals surface area contributed by atoms with Crippen molar-refractivity contribution in [3.05, 3.63) is 29.8 Å². The summed E-state index contributed by atoms with van der Waals surface area (Å²) in [5.41, 5.74) is 0.388. The Hall–Kier alpha value is -1.97. The molecule has 1 aliphatic heterocycles. The number of carbonyl (C=O) groups excluding carboxylic acids is 2. The molecule has 0 radical (unpaired) electrons. The predicted molar refractivity (Wildman–Crippen MR) is 91.6 cm³/mol. The van der Waals surface area contributed by atoms with Gasteiger partial charge in [0.2, 0.25) is 15.9 Å². The summed E-state index contributed by atoms with van der Waals surface area (Å²) in [4.78, 5) is 23.5. The first-order valence-corrected chi connectivity index (χ1v) is 9.44. The van der Waals surface area contributed by atoms with E-state index in [2.05, 4.69) is 10.6 Å². The number of sulfonamides is 1. The molecule has 1 aromatic carbocycles. The van der Waals surface area contributed by atoms with Crippen LogP contribution in [0.5, 0.6) is 0 Å². The maximum absolute atomic E-state index is 12.5. The van der Waals surface area contributed by atoms with Crippen LogP contribution >= 0.6 is 0 Å². The summed E-state index contributed by atoms with van der Waals surface area (Å²) in [6.45, 7) is 1.20. The molecular formula is C16H23N3O5S. The molecule has 0 aliphatic carbocycles. The van der Waals surface area contributed by atoms with Crippen molar-refractivity contribution >= 4 is 21.8 Å². The van der Waals surface area contributed by atoms with Crippen molar-refractivity contribution in [1.82, 2.24) is 14.9 Å². The number of nitrogens with one attached hydrogen (secondary N) is 2. The third-order valence-corrected chi connectivity index (χ3v) is 5.89. The SMILES string of the molecule is CNC(=O)CCN(C)S(=O)(=O)c1ccc(C(=O)NC2CCOC2)cc1. The molecule has 0 saturated carbocycles. The first-order valence-electron chi connectivity index (χ1n) is 8.00. The summed E-state index contributed by atoms with van der Waals surface area (Å²) in [6, 6.07) is 5.74. The zero-order valence-corrected chi connectivity index (χ0v) is 15.1. The number of hydrogen-bond donors (Lipinski definition) is 2. The van der Waals surface area contributed by atoms with Gasteiger partial charge in [-0.15, -0.1) is 0 Å². The minimum absolute atomic E-state index is 0.00763. The van der Waals surface area contributed by atoms with Crippen LogP contribution in [0, 0.1) is 0 Å². The van der Waals surface area contributed by atoms with Gasteiger partial charge in [0.05, 0.1) is 17.5 Å². The highest BCUT2D eigenvalue weighted by Gasteiger charge is 2.22. The third-order valence-electron chi connectivity index (χ3n) is 4.02. The zero-order chi connectivity index (χ0) is 18.4. The molecule has 0 spiro atoms. The predicted octanol–water partition coefficient (Wildman–Crippen LogP) is -0.0381. The summed E-state index contributed by atoms with van der Waals surface area (Å²) >= 11 is 0. The van der Waals surface area contributed by atoms with Crippen molar-refractivity contribution in [3.63, 3.8) is 0 Å². The minimum Gasteiger partial charge on any atom is -0.379 e. The fourth-order valence-electron chi connectivity index (χ4n) is 2.38. The lowest BCUT2D eigenvalue weighted by molar-refractivity contribution is -0.120. The molecule has 0 bridgehead atoms. The molecule has 1 saturated heterocycles. The van der Waals surface area contributed by atoms with Gasteiger partial charge in [-0.2, -0.15) is 0 Å². The molecule has 1 atom stereocenters. The summed E-state index contributed by atoms with van der Waals surface area (Å²) < 4.78 is 31.3. The normalized spacial score (nSPS) is 17.5. The van der Waals surface area contributed by atoms with Crippen molar-refractivity contribution in [3.8, 4) is 0 Å². The number of rotatable bonds is 7. The molecule has 9 heteroatoms. The smallest absolute Gasteiger partial charge is 0.251 e. The molecule has 0 aromatic heterocycles. The Bertz CT molecular complexity index is 712. The van der Waals surface area contributed by atoms with Crippen molar-refractivity contribution in [2.75, 3.05) is 33.9 Å². The van der Waals surface area contributed by atoms with Crippen LogP contribution in [-0.4, -0.2) is 64.4 Å². The molecule has 1 aliphatic rings. The van der Waals surface area contributed by atoms with Crippen molar-refractivity contribution in [1.29, 1.82) is 0 Å². The van der Waals surface area contributed by atoms with E-state index in [0.29, 0.717) is 18.8 Å². The average molecular weight is 369 g/mol. The van der Waals surface area contributed by atoms with Crippen LogP contribution in [0.25, 0.3) is 0 Å². The third kappa shape index (κ3) is 5.00. The van der Waals surface area contributed by atoms with E-state index < -0.39 is 10.0 Å². The van der Waals surface area contributed by atoms with Gasteiger partial charge in [-0.05, 0) is 30.7 Å². The van der Waals surface area contributed by atoms with E-state index in [9.17, 15) is 18.0 Å². The lowest BCUT2D eigenvalue weighted by Gasteiger charge is -2.17. The molecule has 2 N–H and O–H groups in total. The van der Waals surface area contributed by atoms with Gasteiger partial charge in [0.15, 0.2) is 0 Å². The van der Waals surface area contributed by atoms with Gasteiger partial charge in [-0.25, -0.2) is 12.7 Å². The minimum atomic E-state index is -3.71. The highest BCUT2D eigenvalue weighted by molar-refractivity contribution is 7.89. The van der Waals surface area contributed by atoms with Gasteiger partial charge < -0.3 is 15.4 Å². The number of carbonyl (C=O) groups is 2. The molecule has 1 fully saturated rings. The lowest BCUT2D eigenvalue weighted by atomic mass is 10.2. The van der Waals surface area contributed by atoms with E-state index in [1.807, 2.05) is 0 Å². The Morgan fingerprint density at radius 2 is 1.96 bits per heavy atom. The molecule has 8 nitrogen and oxygen atoms in total. The summed E-state index contributed by atoms with van der Waals surface area (Å²) in [7, 11) is -0.792. The van der Waals surface area contributed by atoms with Crippen molar-refractivity contribution in [2.45, 2.75) is 23.8 Å². The molecule has 2 rings (SSSR count). The van der Waals surface area contributed by atoms with Gasteiger partial charge in [0.25, 0.3) is 5.91 Å². The topological polar surface area (TPSA) is 105 Å². The Morgan fingerprint density at radius 3 is 2.52 bits per heavy atom. The maximum Gasteiger partial charge on any atom is 0.251 e. The number of benzene rings is 1. The zero-order valence-electron chi connectivity index (χ0n) is 14.3. The van der Waals surface area contributed by atoms with E-state index in [4.69, 9.17) is 4.74 Å². The van der Waals surface area contributed by atoms with Crippen LogP contribution in [-0.2, 0) is 19.6 Å². The molecule has 1 unspecified atom stereocenters. The monoisotopic (exact) mass is 369 g/mol. The van der Waals surface area contributed by atoms with Crippen molar-refractivity contribution < 1.29 is 22.7 Å². The largest absolute Gasteiger partial charge is 0.379 e. The summed E-state index contributed by atoms with van der Waals surface area (Å²) in [5, 5.41) is 5.29. The highest BCUT2D eigenvalue weighted by Crippen LogP contribution is 2.16. The number of hydrogen-bond acceptors (Lipinski definition) is 5. The molecular weight excluding hydrogens is 346 g/mol. The molecule has 138 valence electrons. The van der Waals surface area contributed by atoms with Gasteiger partial charge in [0, 0.05) is 39.2 Å². The maximum atomic E-state index is 12.5. The first kappa shape index (κ1) is 19.4. The van der Waals surface area contributed by atoms with Crippen LogP contribution < -0.4 is 10.6 Å². The van der Waals surface area contributed by atoms with E-state index in [0.717, 1.165) is 10.7 Å². The van der Waals surface area contributed by atoms with Gasteiger partial charge in [-0.3, -0.25) is 9.59 Å². The fraction of sp³-hybridized carbons (Fsp3) is 0.500. The number of ether oxygens (including phenoxy) is 1. The second-order valence-corrected chi connectivity index (χ2v) is 7.85. The Kier molecular flexibility index (Phi) is 6.51. The van der Waals surface area contributed by atoms with Crippen LogP contribution in [0.3, 0.4) is 0 Å². The fourth-order valence-corrected chi connectivity index (χ4v) is 3.55. The van der Waals surface area contributed by atoms with Gasteiger partial charge in [-0.1, -0.05) is 0 Å². The quantitative estimate of drug-likeness (QED) is 0.702. The molecule has 1 aromatic rings. The molecule has 25 heavy (non-hydrogen) atoms. The summed E-state index contributed by atoms with van der Waals surface area (Å²) in [5.74, 6) is -0.489. The number of amides is 2. The average Bonchev–Trinajstić information content (AvgIpc) is 3.12. The van der Waals surface area contributed by atoms with E-state index in [1.54, 1.807) is 0 Å². The van der Waals surface area contributed by atoms with Crippen LogP contribution in [0.4, 0.5) is 0 Å². The van der Waals surface area contributed by atoms with Crippen LogP contribution in [0.15, 0.2) is 29.2 Å².